The zero-order valence-corrected chi connectivity index (χ0v) is 11.3. The Bertz CT molecular complexity index is 605. The van der Waals surface area contributed by atoms with Gasteiger partial charge in [0, 0.05) is 5.56 Å². The average Bonchev–Trinajstić information content (AvgIpc) is 2.53. The van der Waals surface area contributed by atoms with Crippen molar-refractivity contribution in [1.82, 2.24) is 0 Å². The van der Waals surface area contributed by atoms with Gasteiger partial charge in [-0.3, -0.25) is 0 Å². The van der Waals surface area contributed by atoms with Crippen LogP contribution in [0.15, 0.2) is 54.6 Å². The molecule has 1 aliphatic heterocycles. The van der Waals surface area contributed by atoms with Crippen molar-refractivity contribution in [3.8, 4) is 11.5 Å². The van der Waals surface area contributed by atoms with Crippen LogP contribution in [-0.4, -0.2) is 13.4 Å². The first-order valence-electron chi connectivity index (χ1n) is 6.53. The Kier molecular flexibility index (Phi) is 3.70. The molecular formula is C17H16O3. The first kappa shape index (κ1) is 12.8. The van der Waals surface area contributed by atoms with Gasteiger partial charge in [0.25, 0.3) is 0 Å². The Morgan fingerprint density at radius 1 is 1.10 bits per heavy atom. The molecule has 0 fully saturated rings. The molecule has 0 spiro atoms. The van der Waals surface area contributed by atoms with E-state index in [0.717, 1.165) is 22.6 Å². The molecule has 1 atom stereocenters. The van der Waals surface area contributed by atoms with Crippen molar-refractivity contribution in [2.75, 3.05) is 7.11 Å². The van der Waals surface area contributed by atoms with Gasteiger partial charge >= 0.3 is 0 Å². The second kappa shape index (κ2) is 5.80. The Balaban J connectivity index is 1.65. The minimum Gasteiger partial charge on any atom is -0.497 e. The number of hydrogen-bond donors (Lipinski definition) is 0. The van der Waals surface area contributed by atoms with E-state index in [4.69, 9.17) is 14.2 Å². The summed E-state index contributed by atoms with van der Waals surface area (Å²) in [5, 5.41) is 0. The van der Waals surface area contributed by atoms with Gasteiger partial charge in [0.05, 0.1) is 13.7 Å². The highest BCUT2D eigenvalue weighted by atomic mass is 16.7. The summed E-state index contributed by atoms with van der Waals surface area (Å²) in [4.78, 5) is 0. The molecule has 102 valence electrons. The molecule has 1 aliphatic rings. The van der Waals surface area contributed by atoms with Crippen LogP contribution in [-0.2, 0) is 11.3 Å². The fourth-order valence-electron chi connectivity index (χ4n) is 2.08. The summed E-state index contributed by atoms with van der Waals surface area (Å²) >= 11 is 0. The molecule has 0 amide bonds. The third-order valence-electron chi connectivity index (χ3n) is 3.15. The maximum Gasteiger partial charge on any atom is 0.220 e. The number of fused-ring (bicyclic) bond motifs is 1. The second-order valence-corrected chi connectivity index (χ2v) is 4.55. The Morgan fingerprint density at radius 2 is 1.95 bits per heavy atom. The normalized spacial score (nSPS) is 16.4. The summed E-state index contributed by atoms with van der Waals surface area (Å²) in [6.45, 7) is 0.529. The number of rotatable bonds is 4. The Labute approximate surface area is 118 Å². The van der Waals surface area contributed by atoms with E-state index < -0.39 is 0 Å². The summed E-state index contributed by atoms with van der Waals surface area (Å²) in [7, 11) is 1.65. The lowest BCUT2D eigenvalue weighted by Crippen LogP contribution is -2.20. The van der Waals surface area contributed by atoms with Crippen LogP contribution < -0.4 is 9.47 Å². The van der Waals surface area contributed by atoms with Crippen LogP contribution in [0.5, 0.6) is 11.5 Å². The molecule has 0 saturated heterocycles. The predicted octanol–water partition coefficient (Wildman–Crippen LogP) is 3.64. The van der Waals surface area contributed by atoms with Crippen molar-refractivity contribution in [1.29, 1.82) is 0 Å². The van der Waals surface area contributed by atoms with Gasteiger partial charge in [-0.2, -0.15) is 0 Å². The van der Waals surface area contributed by atoms with Crippen molar-refractivity contribution < 1.29 is 14.2 Å². The van der Waals surface area contributed by atoms with Gasteiger partial charge in [-0.1, -0.05) is 30.3 Å². The quantitative estimate of drug-likeness (QED) is 0.847. The average molecular weight is 268 g/mol. The monoisotopic (exact) mass is 268 g/mol. The van der Waals surface area contributed by atoms with Crippen molar-refractivity contribution in [3.05, 3.63) is 65.7 Å². The molecule has 0 radical (unpaired) electrons. The smallest absolute Gasteiger partial charge is 0.220 e. The minimum atomic E-state index is -0.351. The van der Waals surface area contributed by atoms with E-state index >= 15 is 0 Å². The molecule has 3 rings (SSSR count). The maximum absolute atomic E-state index is 5.79. The van der Waals surface area contributed by atoms with Gasteiger partial charge in [0.15, 0.2) is 0 Å². The largest absolute Gasteiger partial charge is 0.497 e. The van der Waals surface area contributed by atoms with Gasteiger partial charge in [0.2, 0.25) is 6.29 Å². The standard InChI is InChI=1S/C17H16O3/c1-18-15-8-9-16-14(11-15)7-10-17(20-16)19-12-13-5-3-2-4-6-13/h2-11,17H,12H2,1H3. The lowest BCUT2D eigenvalue weighted by Gasteiger charge is -2.22. The first-order valence-corrected chi connectivity index (χ1v) is 6.53. The van der Waals surface area contributed by atoms with Crippen molar-refractivity contribution in [3.63, 3.8) is 0 Å². The molecule has 0 aliphatic carbocycles. The van der Waals surface area contributed by atoms with Gasteiger partial charge in [-0.05, 0) is 35.9 Å². The van der Waals surface area contributed by atoms with Crippen LogP contribution in [0.25, 0.3) is 6.08 Å². The molecule has 2 aromatic carbocycles. The van der Waals surface area contributed by atoms with Gasteiger partial charge < -0.3 is 14.2 Å². The molecule has 0 aromatic heterocycles. The highest BCUT2D eigenvalue weighted by molar-refractivity contribution is 5.61. The molecule has 3 heteroatoms. The van der Waals surface area contributed by atoms with E-state index in [0.29, 0.717) is 6.61 Å². The fourth-order valence-corrected chi connectivity index (χ4v) is 2.08. The zero-order chi connectivity index (χ0) is 13.8. The third kappa shape index (κ3) is 2.83. The fraction of sp³-hybridized carbons (Fsp3) is 0.176. The molecular weight excluding hydrogens is 252 g/mol. The highest BCUT2D eigenvalue weighted by Gasteiger charge is 2.15. The third-order valence-corrected chi connectivity index (χ3v) is 3.15. The van der Waals surface area contributed by atoms with Gasteiger partial charge in [-0.25, -0.2) is 0 Å². The lowest BCUT2D eigenvalue weighted by molar-refractivity contribution is -0.0566. The van der Waals surface area contributed by atoms with E-state index in [2.05, 4.69) is 0 Å². The number of benzene rings is 2. The van der Waals surface area contributed by atoms with Crippen LogP contribution in [0.2, 0.25) is 0 Å². The number of hydrogen-bond acceptors (Lipinski definition) is 3. The number of methoxy groups -OCH3 is 1. The van der Waals surface area contributed by atoms with Gasteiger partial charge in [-0.15, -0.1) is 0 Å². The first-order chi connectivity index (χ1) is 9.85. The predicted molar refractivity (Wildman–Crippen MR) is 77.7 cm³/mol. The molecule has 0 saturated carbocycles. The summed E-state index contributed by atoms with van der Waals surface area (Å²) in [6.07, 6.45) is 3.55. The second-order valence-electron chi connectivity index (χ2n) is 4.55. The highest BCUT2D eigenvalue weighted by Crippen LogP contribution is 2.30. The van der Waals surface area contributed by atoms with Gasteiger partial charge in [0.1, 0.15) is 11.5 Å². The number of ether oxygens (including phenoxy) is 3. The molecule has 1 heterocycles. The molecule has 3 nitrogen and oxygen atoms in total. The molecule has 2 aromatic rings. The van der Waals surface area contributed by atoms with Crippen LogP contribution in [0.1, 0.15) is 11.1 Å². The SMILES string of the molecule is COc1ccc2c(c1)C=CC(OCc1ccccc1)O2. The van der Waals surface area contributed by atoms with E-state index in [1.54, 1.807) is 7.11 Å². The minimum absolute atomic E-state index is 0.351. The van der Waals surface area contributed by atoms with Crippen molar-refractivity contribution in [2.24, 2.45) is 0 Å². The van der Waals surface area contributed by atoms with E-state index in [1.165, 1.54) is 0 Å². The molecule has 0 bridgehead atoms. The lowest BCUT2D eigenvalue weighted by atomic mass is 10.1. The van der Waals surface area contributed by atoms with Crippen LogP contribution in [0.3, 0.4) is 0 Å². The summed E-state index contributed by atoms with van der Waals surface area (Å²) in [6, 6.07) is 15.8. The maximum atomic E-state index is 5.79. The van der Waals surface area contributed by atoms with Crippen LogP contribution in [0, 0.1) is 0 Å². The molecule has 1 unspecified atom stereocenters. The van der Waals surface area contributed by atoms with E-state index in [9.17, 15) is 0 Å². The van der Waals surface area contributed by atoms with Crippen molar-refractivity contribution >= 4 is 6.08 Å². The topological polar surface area (TPSA) is 27.7 Å². The molecule has 0 N–H and O–H groups in total. The Hall–Kier alpha value is -2.26. The summed E-state index contributed by atoms with van der Waals surface area (Å²) < 4.78 is 16.7. The Morgan fingerprint density at radius 3 is 2.75 bits per heavy atom. The van der Waals surface area contributed by atoms with E-state index in [-0.39, 0.29) is 6.29 Å². The van der Waals surface area contributed by atoms with Crippen molar-refractivity contribution in [2.45, 2.75) is 12.9 Å². The van der Waals surface area contributed by atoms with Crippen LogP contribution >= 0.6 is 0 Å². The summed E-state index contributed by atoms with van der Waals surface area (Å²) in [5.41, 5.74) is 2.13. The van der Waals surface area contributed by atoms with E-state index in [1.807, 2.05) is 60.7 Å². The molecule has 20 heavy (non-hydrogen) atoms. The van der Waals surface area contributed by atoms with Crippen LogP contribution in [0.4, 0.5) is 0 Å². The summed E-state index contributed by atoms with van der Waals surface area (Å²) in [5.74, 6) is 1.63. The zero-order valence-electron chi connectivity index (χ0n) is 11.3.